The van der Waals surface area contributed by atoms with Crippen LogP contribution in [0, 0.1) is 0 Å². The van der Waals surface area contributed by atoms with Gasteiger partial charge in [0.25, 0.3) is 0 Å². The van der Waals surface area contributed by atoms with Gasteiger partial charge in [0.05, 0.1) is 12.7 Å². The van der Waals surface area contributed by atoms with Crippen LogP contribution in [0.3, 0.4) is 0 Å². The quantitative estimate of drug-likeness (QED) is 0.752. The predicted octanol–water partition coefficient (Wildman–Crippen LogP) is 1.98. The summed E-state index contributed by atoms with van der Waals surface area (Å²) in [6.45, 7) is 5.13. The van der Waals surface area contributed by atoms with Crippen LogP contribution in [-0.2, 0) is 11.2 Å². The molecular weight excluding hydrogens is 212 g/mol. The first-order valence-corrected chi connectivity index (χ1v) is 6.48. The second-order valence-corrected chi connectivity index (χ2v) is 5.19. The maximum absolute atomic E-state index is 5.84. The van der Waals surface area contributed by atoms with Crippen molar-refractivity contribution in [3.8, 4) is 0 Å². The lowest BCUT2D eigenvalue weighted by Crippen LogP contribution is -2.42. The minimum Gasteiger partial charge on any atom is -0.399 e. The summed E-state index contributed by atoms with van der Waals surface area (Å²) in [7, 11) is 0. The molecule has 2 aliphatic rings. The van der Waals surface area contributed by atoms with Crippen molar-refractivity contribution >= 4 is 5.69 Å². The summed E-state index contributed by atoms with van der Waals surface area (Å²) in [4.78, 5) is 2.57. The number of benzene rings is 1. The van der Waals surface area contributed by atoms with E-state index in [0.717, 1.165) is 31.8 Å². The number of hydrogen-bond acceptors (Lipinski definition) is 3. The van der Waals surface area contributed by atoms with Crippen LogP contribution >= 0.6 is 0 Å². The first-order valence-electron chi connectivity index (χ1n) is 6.48. The topological polar surface area (TPSA) is 38.5 Å². The Morgan fingerprint density at radius 1 is 1.41 bits per heavy atom. The molecule has 2 unspecified atom stereocenters. The lowest BCUT2D eigenvalue weighted by molar-refractivity contribution is -0.0343. The lowest BCUT2D eigenvalue weighted by atomic mass is 10.1. The molecule has 1 aromatic rings. The maximum atomic E-state index is 5.84. The fourth-order valence-corrected chi connectivity index (χ4v) is 3.12. The lowest BCUT2D eigenvalue weighted by Gasteiger charge is -2.36. The first-order chi connectivity index (χ1) is 8.24. The highest BCUT2D eigenvalue weighted by Gasteiger charge is 2.30. The van der Waals surface area contributed by atoms with Gasteiger partial charge in [0, 0.05) is 24.8 Å². The Kier molecular flexibility index (Phi) is 2.81. The molecule has 1 heterocycles. The smallest absolute Gasteiger partial charge is 0.0674 e. The largest absolute Gasteiger partial charge is 0.399 e. The molecular formula is C14H20N2O. The molecule has 1 fully saturated rings. The highest BCUT2D eigenvalue weighted by atomic mass is 16.5. The van der Waals surface area contributed by atoms with Gasteiger partial charge in [-0.15, -0.1) is 0 Å². The molecule has 2 N–H and O–H groups in total. The van der Waals surface area contributed by atoms with Gasteiger partial charge in [-0.25, -0.2) is 0 Å². The van der Waals surface area contributed by atoms with Crippen molar-refractivity contribution in [1.82, 2.24) is 4.90 Å². The van der Waals surface area contributed by atoms with E-state index in [1.54, 1.807) is 0 Å². The average molecular weight is 232 g/mol. The standard InChI is InChI=1S/C14H20N2O/c1-10-9-16(6-7-17-10)14-5-2-11-8-12(15)3-4-13(11)14/h3-4,8,10,14H,2,5-7,9,15H2,1H3. The number of hydrogen-bond donors (Lipinski definition) is 1. The summed E-state index contributed by atoms with van der Waals surface area (Å²) in [5.74, 6) is 0. The van der Waals surface area contributed by atoms with Crippen molar-refractivity contribution in [1.29, 1.82) is 0 Å². The fraction of sp³-hybridized carbons (Fsp3) is 0.571. The second-order valence-electron chi connectivity index (χ2n) is 5.19. The molecule has 1 aliphatic heterocycles. The number of fused-ring (bicyclic) bond motifs is 1. The average Bonchev–Trinajstić information content (AvgIpc) is 2.71. The van der Waals surface area contributed by atoms with E-state index in [1.807, 2.05) is 6.07 Å². The Morgan fingerprint density at radius 2 is 2.29 bits per heavy atom. The van der Waals surface area contributed by atoms with Crippen LogP contribution in [0.25, 0.3) is 0 Å². The molecule has 2 atom stereocenters. The van der Waals surface area contributed by atoms with Gasteiger partial charge in [-0.1, -0.05) is 6.07 Å². The number of nitrogens with two attached hydrogens (primary N) is 1. The SMILES string of the molecule is CC1CN(C2CCc3cc(N)ccc32)CCO1. The first kappa shape index (κ1) is 11.1. The van der Waals surface area contributed by atoms with E-state index in [1.165, 1.54) is 17.5 Å². The van der Waals surface area contributed by atoms with Crippen LogP contribution in [0.4, 0.5) is 5.69 Å². The Bertz CT molecular complexity index is 419. The molecule has 0 saturated carbocycles. The summed E-state index contributed by atoms with van der Waals surface area (Å²) < 4.78 is 5.61. The molecule has 17 heavy (non-hydrogen) atoms. The molecule has 3 rings (SSSR count). The van der Waals surface area contributed by atoms with Crippen molar-refractivity contribution in [2.75, 3.05) is 25.4 Å². The minimum atomic E-state index is 0.363. The summed E-state index contributed by atoms with van der Waals surface area (Å²) in [5, 5.41) is 0. The third-order valence-electron chi connectivity index (χ3n) is 3.93. The van der Waals surface area contributed by atoms with Gasteiger partial charge in [0.15, 0.2) is 0 Å². The van der Waals surface area contributed by atoms with Gasteiger partial charge in [0.1, 0.15) is 0 Å². The number of aryl methyl sites for hydroxylation is 1. The highest BCUT2D eigenvalue weighted by molar-refractivity contribution is 5.47. The molecule has 1 saturated heterocycles. The van der Waals surface area contributed by atoms with Crippen LogP contribution in [0.1, 0.15) is 30.5 Å². The maximum Gasteiger partial charge on any atom is 0.0674 e. The zero-order valence-electron chi connectivity index (χ0n) is 10.4. The zero-order chi connectivity index (χ0) is 11.8. The Balaban J connectivity index is 1.83. The highest BCUT2D eigenvalue weighted by Crippen LogP contribution is 2.37. The number of anilines is 1. The van der Waals surface area contributed by atoms with E-state index in [9.17, 15) is 0 Å². The normalized spacial score (nSPS) is 29.2. The van der Waals surface area contributed by atoms with Crippen LogP contribution in [-0.4, -0.2) is 30.7 Å². The van der Waals surface area contributed by atoms with Crippen molar-refractivity contribution in [2.24, 2.45) is 0 Å². The van der Waals surface area contributed by atoms with E-state index < -0.39 is 0 Å². The van der Waals surface area contributed by atoms with E-state index >= 15 is 0 Å². The fourth-order valence-electron chi connectivity index (χ4n) is 3.12. The molecule has 0 amide bonds. The number of morpholine rings is 1. The van der Waals surface area contributed by atoms with Gasteiger partial charge < -0.3 is 10.5 Å². The van der Waals surface area contributed by atoms with E-state index in [0.29, 0.717) is 12.1 Å². The molecule has 0 radical (unpaired) electrons. The van der Waals surface area contributed by atoms with Crippen LogP contribution in [0.15, 0.2) is 18.2 Å². The van der Waals surface area contributed by atoms with Crippen molar-refractivity contribution in [2.45, 2.75) is 31.9 Å². The predicted molar refractivity (Wildman–Crippen MR) is 68.9 cm³/mol. The molecule has 1 aromatic carbocycles. The zero-order valence-corrected chi connectivity index (χ0v) is 10.4. The van der Waals surface area contributed by atoms with Crippen LogP contribution in [0.2, 0.25) is 0 Å². The van der Waals surface area contributed by atoms with Crippen molar-refractivity contribution in [3.63, 3.8) is 0 Å². The third kappa shape index (κ3) is 2.05. The molecule has 1 aliphatic carbocycles. The molecule has 3 nitrogen and oxygen atoms in total. The van der Waals surface area contributed by atoms with Crippen LogP contribution in [0.5, 0.6) is 0 Å². The number of ether oxygens (including phenoxy) is 1. The Hall–Kier alpha value is -1.06. The van der Waals surface area contributed by atoms with Gasteiger partial charge >= 0.3 is 0 Å². The van der Waals surface area contributed by atoms with E-state index in [2.05, 4.69) is 24.0 Å². The molecule has 92 valence electrons. The van der Waals surface area contributed by atoms with Gasteiger partial charge in [-0.05, 0) is 43.0 Å². The van der Waals surface area contributed by atoms with Crippen molar-refractivity contribution < 1.29 is 4.74 Å². The Morgan fingerprint density at radius 3 is 3.12 bits per heavy atom. The van der Waals surface area contributed by atoms with E-state index in [4.69, 9.17) is 10.5 Å². The van der Waals surface area contributed by atoms with Crippen LogP contribution < -0.4 is 5.73 Å². The molecule has 0 bridgehead atoms. The number of nitrogens with zero attached hydrogens (tertiary/aromatic N) is 1. The summed E-state index contributed by atoms with van der Waals surface area (Å²) in [5.41, 5.74) is 9.65. The third-order valence-corrected chi connectivity index (χ3v) is 3.93. The number of rotatable bonds is 1. The monoisotopic (exact) mass is 232 g/mol. The second kappa shape index (κ2) is 4.31. The molecule has 0 aromatic heterocycles. The summed E-state index contributed by atoms with van der Waals surface area (Å²) >= 11 is 0. The summed E-state index contributed by atoms with van der Waals surface area (Å²) in [6.07, 6.45) is 2.75. The molecule has 0 spiro atoms. The van der Waals surface area contributed by atoms with Gasteiger partial charge in [-0.3, -0.25) is 4.90 Å². The summed E-state index contributed by atoms with van der Waals surface area (Å²) in [6, 6.07) is 6.96. The Labute approximate surface area is 103 Å². The molecule has 3 heteroatoms. The minimum absolute atomic E-state index is 0.363. The van der Waals surface area contributed by atoms with Gasteiger partial charge in [0.2, 0.25) is 0 Å². The van der Waals surface area contributed by atoms with E-state index in [-0.39, 0.29) is 0 Å². The van der Waals surface area contributed by atoms with Gasteiger partial charge in [-0.2, -0.15) is 0 Å². The number of nitrogen functional groups attached to an aromatic ring is 1. The van der Waals surface area contributed by atoms with Crippen molar-refractivity contribution in [3.05, 3.63) is 29.3 Å².